The lowest BCUT2D eigenvalue weighted by Crippen LogP contribution is -2.43. The maximum atomic E-state index is 13.0. The summed E-state index contributed by atoms with van der Waals surface area (Å²) in [6.45, 7) is 15.0. The zero-order chi connectivity index (χ0) is 19.7. The number of hydrogen-bond acceptors (Lipinski definition) is 3. The lowest BCUT2D eigenvalue weighted by Gasteiger charge is -2.29. The highest BCUT2D eigenvalue weighted by atomic mass is 16.5. The molecule has 0 unspecified atom stereocenters. The van der Waals surface area contributed by atoms with Crippen LogP contribution in [0.25, 0.3) is 0 Å². The molecule has 0 bridgehead atoms. The van der Waals surface area contributed by atoms with E-state index in [0.717, 1.165) is 5.69 Å². The van der Waals surface area contributed by atoms with Crippen molar-refractivity contribution < 1.29 is 14.3 Å². The second-order valence-electron chi connectivity index (χ2n) is 9.45. The molecule has 1 heterocycles. The highest BCUT2D eigenvalue weighted by molar-refractivity contribution is 6.00. The maximum absolute atomic E-state index is 13.0. The van der Waals surface area contributed by atoms with E-state index >= 15 is 0 Å². The third kappa shape index (κ3) is 4.99. The second kappa shape index (κ2) is 7.29. The van der Waals surface area contributed by atoms with E-state index in [-0.39, 0.29) is 17.2 Å². The minimum Gasteiger partial charge on any atom is -0.490 e. The Bertz CT molecular complexity index is 687. The first-order valence-electron chi connectivity index (χ1n) is 9.28. The smallest absolute Gasteiger partial charge is 0.236 e. The van der Waals surface area contributed by atoms with Gasteiger partial charge in [0.25, 0.3) is 0 Å². The van der Waals surface area contributed by atoms with Crippen molar-refractivity contribution in [3.63, 3.8) is 0 Å². The van der Waals surface area contributed by atoms with Crippen LogP contribution < -0.4 is 15.0 Å². The van der Waals surface area contributed by atoms with Gasteiger partial charge in [0.05, 0.1) is 11.1 Å². The molecule has 1 aromatic rings. The van der Waals surface area contributed by atoms with Crippen LogP contribution >= 0.6 is 0 Å². The largest absolute Gasteiger partial charge is 0.490 e. The molecule has 0 aromatic heterocycles. The summed E-state index contributed by atoms with van der Waals surface area (Å²) in [5.41, 5.74) is 0.734. The number of nitrogens with one attached hydrogen (secondary N) is 1. The van der Waals surface area contributed by atoms with E-state index in [1.54, 1.807) is 4.90 Å². The molecule has 5 heteroatoms. The fourth-order valence-electron chi connectivity index (χ4n) is 2.96. The van der Waals surface area contributed by atoms with Crippen LogP contribution in [-0.2, 0) is 9.59 Å². The number of fused-ring (bicyclic) bond motifs is 1. The van der Waals surface area contributed by atoms with Crippen molar-refractivity contribution in [1.29, 1.82) is 0 Å². The molecule has 1 aliphatic rings. The highest BCUT2D eigenvalue weighted by Gasteiger charge is 2.38. The van der Waals surface area contributed by atoms with Gasteiger partial charge in [0.1, 0.15) is 12.4 Å². The van der Waals surface area contributed by atoms with Crippen molar-refractivity contribution in [2.45, 2.75) is 54.9 Å². The van der Waals surface area contributed by atoms with Crippen LogP contribution in [0.3, 0.4) is 0 Å². The van der Waals surface area contributed by atoms with Gasteiger partial charge in [-0.05, 0) is 43.4 Å². The molecule has 0 saturated carbocycles. The summed E-state index contributed by atoms with van der Waals surface area (Å²) in [7, 11) is 0. The van der Waals surface area contributed by atoms with Crippen LogP contribution in [0.1, 0.15) is 54.9 Å². The summed E-state index contributed by atoms with van der Waals surface area (Å²) < 4.78 is 5.91. The number of carbonyl (C=O) groups excluding carboxylic acids is 2. The number of nitrogens with zero attached hydrogens (tertiary/aromatic N) is 1. The molecule has 0 spiro atoms. The number of amides is 2. The Hall–Kier alpha value is -2.04. The number of ether oxygens (including phenoxy) is 1. The first-order chi connectivity index (χ1) is 11.9. The van der Waals surface area contributed by atoms with E-state index in [1.165, 1.54) is 0 Å². The van der Waals surface area contributed by atoms with Crippen LogP contribution in [0.5, 0.6) is 5.75 Å². The van der Waals surface area contributed by atoms with Crippen LogP contribution in [0.4, 0.5) is 11.4 Å². The molecule has 0 atom stereocenters. The van der Waals surface area contributed by atoms with Crippen LogP contribution in [0.15, 0.2) is 18.2 Å². The van der Waals surface area contributed by atoms with Gasteiger partial charge in [-0.25, -0.2) is 0 Å². The Kier molecular flexibility index (Phi) is 5.69. The van der Waals surface area contributed by atoms with Gasteiger partial charge >= 0.3 is 0 Å². The third-order valence-electron chi connectivity index (χ3n) is 4.18. The summed E-state index contributed by atoms with van der Waals surface area (Å²) >= 11 is 0. The van der Waals surface area contributed by atoms with Gasteiger partial charge in [-0.1, -0.05) is 34.6 Å². The molecule has 0 radical (unpaired) electrons. The fourth-order valence-corrected chi connectivity index (χ4v) is 2.96. The van der Waals surface area contributed by atoms with Crippen molar-refractivity contribution in [3.05, 3.63) is 18.2 Å². The minimum absolute atomic E-state index is 0.0333. The first-order valence-corrected chi connectivity index (χ1v) is 9.28. The zero-order valence-electron chi connectivity index (χ0n) is 17.1. The molecule has 144 valence electrons. The minimum atomic E-state index is -0.594. The van der Waals surface area contributed by atoms with Gasteiger partial charge in [-0.2, -0.15) is 0 Å². The van der Waals surface area contributed by atoms with Gasteiger partial charge in [0, 0.05) is 18.7 Å². The SMILES string of the molecule is CC(C)CN1C(=O)C(C)(C)COc2ccc(NC(=O)CC(C)(C)C)cc21. The molecule has 1 aromatic carbocycles. The maximum Gasteiger partial charge on any atom is 0.236 e. The van der Waals surface area contributed by atoms with Crippen molar-refractivity contribution in [3.8, 4) is 5.75 Å². The number of carbonyl (C=O) groups is 2. The average Bonchev–Trinajstić information content (AvgIpc) is 2.56. The van der Waals surface area contributed by atoms with Crippen LogP contribution in [0.2, 0.25) is 0 Å². The fraction of sp³-hybridized carbons (Fsp3) is 0.619. The first kappa shape index (κ1) is 20.3. The average molecular weight is 360 g/mol. The van der Waals surface area contributed by atoms with Gasteiger partial charge in [0.15, 0.2) is 0 Å². The van der Waals surface area contributed by atoms with E-state index in [0.29, 0.717) is 36.9 Å². The van der Waals surface area contributed by atoms with Gasteiger partial charge < -0.3 is 15.0 Å². The molecule has 0 fully saturated rings. The van der Waals surface area contributed by atoms with E-state index in [1.807, 2.05) is 52.8 Å². The normalized spacial score (nSPS) is 16.8. The molecule has 26 heavy (non-hydrogen) atoms. The van der Waals surface area contributed by atoms with Crippen molar-refractivity contribution in [2.24, 2.45) is 16.7 Å². The molecule has 0 saturated heterocycles. The molecular weight excluding hydrogens is 328 g/mol. The Morgan fingerprint density at radius 2 is 1.96 bits per heavy atom. The Morgan fingerprint density at radius 1 is 1.31 bits per heavy atom. The van der Waals surface area contributed by atoms with Crippen LogP contribution in [0, 0.1) is 16.7 Å². The predicted octanol–water partition coefficient (Wildman–Crippen LogP) is 4.47. The predicted molar refractivity (Wildman–Crippen MR) is 106 cm³/mol. The summed E-state index contributed by atoms with van der Waals surface area (Å²) in [6, 6.07) is 5.51. The third-order valence-corrected chi connectivity index (χ3v) is 4.18. The lowest BCUT2D eigenvalue weighted by atomic mass is 9.92. The van der Waals surface area contributed by atoms with E-state index in [2.05, 4.69) is 19.2 Å². The number of anilines is 2. The molecule has 0 aliphatic carbocycles. The van der Waals surface area contributed by atoms with E-state index in [4.69, 9.17) is 4.74 Å². The molecule has 1 N–H and O–H groups in total. The number of benzene rings is 1. The van der Waals surface area contributed by atoms with Crippen molar-refractivity contribution in [1.82, 2.24) is 0 Å². The summed E-state index contributed by atoms with van der Waals surface area (Å²) in [5.74, 6) is 1.01. The summed E-state index contributed by atoms with van der Waals surface area (Å²) in [4.78, 5) is 27.1. The Balaban J connectivity index is 2.35. The quantitative estimate of drug-likeness (QED) is 0.862. The molecular formula is C21H32N2O3. The molecule has 2 rings (SSSR count). The Morgan fingerprint density at radius 3 is 2.54 bits per heavy atom. The van der Waals surface area contributed by atoms with Gasteiger partial charge in [-0.15, -0.1) is 0 Å². The number of hydrogen-bond donors (Lipinski definition) is 1. The summed E-state index contributed by atoms with van der Waals surface area (Å²) in [6.07, 6.45) is 0.433. The standard InChI is InChI=1S/C21H32N2O3/c1-14(2)12-23-16-10-15(22-18(24)11-20(3,4)5)8-9-17(16)26-13-21(6,7)19(23)25/h8-10,14H,11-13H2,1-7H3,(H,22,24). The number of rotatable bonds is 4. The second-order valence-corrected chi connectivity index (χ2v) is 9.45. The monoisotopic (exact) mass is 360 g/mol. The Labute approximate surface area is 157 Å². The van der Waals surface area contributed by atoms with Crippen molar-refractivity contribution >= 4 is 23.2 Å². The highest BCUT2D eigenvalue weighted by Crippen LogP contribution is 2.38. The zero-order valence-corrected chi connectivity index (χ0v) is 17.1. The molecule has 1 aliphatic heterocycles. The van der Waals surface area contributed by atoms with Crippen LogP contribution in [-0.4, -0.2) is 25.0 Å². The molecule has 5 nitrogen and oxygen atoms in total. The van der Waals surface area contributed by atoms with E-state index < -0.39 is 5.41 Å². The van der Waals surface area contributed by atoms with Crippen molar-refractivity contribution in [2.75, 3.05) is 23.4 Å². The lowest BCUT2D eigenvalue weighted by molar-refractivity contribution is -0.127. The summed E-state index contributed by atoms with van der Waals surface area (Å²) in [5, 5.41) is 2.95. The van der Waals surface area contributed by atoms with Gasteiger partial charge in [0.2, 0.25) is 11.8 Å². The topological polar surface area (TPSA) is 58.6 Å². The van der Waals surface area contributed by atoms with E-state index in [9.17, 15) is 9.59 Å². The molecule has 2 amide bonds. The van der Waals surface area contributed by atoms with Gasteiger partial charge in [-0.3, -0.25) is 9.59 Å².